The Morgan fingerprint density at radius 2 is 1.76 bits per heavy atom. The van der Waals surface area contributed by atoms with Crippen LogP contribution in [-0.2, 0) is 6.42 Å². The van der Waals surface area contributed by atoms with Gasteiger partial charge in [0.2, 0.25) is 0 Å². The molecule has 10 atom stereocenters. The van der Waals surface area contributed by atoms with Gasteiger partial charge in [0, 0.05) is 0 Å². The van der Waals surface area contributed by atoms with Crippen molar-refractivity contribution in [2.45, 2.75) is 97.2 Å². The Morgan fingerprint density at radius 1 is 1.00 bits per heavy atom. The van der Waals surface area contributed by atoms with Gasteiger partial charge in [-0.15, -0.1) is 11.3 Å². The van der Waals surface area contributed by atoms with Crippen LogP contribution in [0.5, 0.6) is 0 Å². The molecule has 4 aliphatic rings. The van der Waals surface area contributed by atoms with Crippen molar-refractivity contribution in [3.8, 4) is 0 Å². The van der Waals surface area contributed by atoms with E-state index in [1.165, 1.54) is 41.8 Å². The van der Waals surface area contributed by atoms with E-state index in [2.05, 4.69) is 45.0 Å². The van der Waals surface area contributed by atoms with E-state index in [-0.39, 0.29) is 12.2 Å². The number of aromatic nitrogens is 1. The molecule has 1 aromatic carbocycles. The van der Waals surface area contributed by atoms with Crippen molar-refractivity contribution in [1.82, 2.24) is 4.98 Å². The third-order valence-corrected chi connectivity index (χ3v) is 12.7. The number of thiazole rings is 1. The molecular weight excluding hydrogens is 438 g/mol. The molecule has 0 radical (unpaired) electrons. The summed E-state index contributed by atoms with van der Waals surface area (Å²) in [5.74, 6) is 3.74. The second-order valence-corrected chi connectivity index (χ2v) is 14.2. The summed E-state index contributed by atoms with van der Waals surface area (Å²) >= 11 is 1.87. The van der Waals surface area contributed by atoms with Gasteiger partial charge in [-0.2, -0.15) is 0 Å². The molecule has 0 saturated heterocycles. The molecule has 0 aliphatic heterocycles. The highest BCUT2D eigenvalue weighted by Crippen LogP contribution is 2.68. The van der Waals surface area contributed by atoms with Crippen LogP contribution >= 0.6 is 11.3 Å². The monoisotopic (exact) mass is 481 g/mol. The smallest absolute Gasteiger partial charge is 0.0938 e. The number of rotatable bonds is 4. The van der Waals surface area contributed by atoms with Crippen molar-refractivity contribution in [2.24, 2.45) is 46.3 Å². The van der Waals surface area contributed by atoms with Crippen LogP contribution in [0.15, 0.2) is 24.3 Å². The van der Waals surface area contributed by atoms with Crippen LogP contribution in [0.2, 0.25) is 0 Å². The average Bonchev–Trinajstić information content (AvgIpc) is 3.39. The molecule has 4 saturated carbocycles. The zero-order valence-electron chi connectivity index (χ0n) is 21.2. The Kier molecular flexibility index (Phi) is 5.90. The molecule has 4 heteroatoms. The number of fused-ring (bicyclic) bond motifs is 6. The summed E-state index contributed by atoms with van der Waals surface area (Å²) in [6, 6.07) is 8.52. The molecule has 3 nitrogen and oxygen atoms in total. The molecule has 6 rings (SSSR count). The maximum absolute atomic E-state index is 11.5. The molecule has 1 heterocycles. The number of aliphatic hydroxyl groups excluding tert-OH is 2. The first-order chi connectivity index (χ1) is 16.3. The average molecular weight is 482 g/mol. The van der Waals surface area contributed by atoms with Crippen LogP contribution < -0.4 is 0 Å². The van der Waals surface area contributed by atoms with Crippen molar-refractivity contribution in [3.05, 3.63) is 29.3 Å². The number of hydrogen-bond donors (Lipinski definition) is 2. The molecule has 4 aliphatic carbocycles. The van der Waals surface area contributed by atoms with Crippen molar-refractivity contribution in [2.75, 3.05) is 0 Å². The fourth-order valence-corrected chi connectivity index (χ4v) is 10.7. The van der Waals surface area contributed by atoms with E-state index in [0.717, 1.165) is 43.5 Å². The number of hydrogen-bond acceptors (Lipinski definition) is 4. The predicted octanol–water partition coefficient (Wildman–Crippen LogP) is 6.86. The Labute approximate surface area is 209 Å². The minimum Gasteiger partial charge on any atom is -0.393 e. The van der Waals surface area contributed by atoms with Crippen LogP contribution in [0.25, 0.3) is 10.2 Å². The van der Waals surface area contributed by atoms with E-state index in [1.807, 2.05) is 11.3 Å². The number of benzene rings is 1. The van der Waals surface area contributed by atoms with Gasteiger partial charge in [0.25, 0.3) is 0 Å². The highest BCUT2D eigenvalue weighted by Gasteiger charge is 2.62. The van der Waals surface area contributed by atoms with E-state index in [9.17, 15) is 10.2 Å². The van der Waals surface area contributed by atoms with Crippen molar-refractivity contribution in [1.29, 1.82) is 0 Å². The third-order valence-electron chi connectivity index (χ3n) is 11.6. The lowest BCUT2D eigenvalue weighted by Gasteiger charge is -2.62. The zero-order valence-corrected chi connectivity index (χ0v) is 22.1. The van der Waals surface area contributed by atoms with Crippen molar-refractivity contribution >= 4 is 21.6 Å². The molecule has 0 amide bonds. The molecule has 4 fully saturated rings. The minimum absolute atomic E-state index is 0.150. The summed E-state index contributed by atoms with van der Waals surface area (Å²) in [7, 11) is 0. The van der Waals surface area contributed by atoms with Gasteiger partial charge in [-0.25, -0.2) is 4.98 Å². The molecule has 186 valence electrons. The lowest BCUT2D eigenvalue weighted by molar-refractivity contribution is -0.174. The molecule has 2 N–H and O–H groups in total. The lowest BCUT2D eigenvalue weighted by atomic mass is 9.43. The standard InChI is InChI=1S/C30H43NO2S/c1-18(8-11-27-31-24-6-4-5-7-26(24)34-27)21-9-10-22-28-23(13-15-30(21,22)3)29(2)14-12-20(32)16-19(29)17-25(28)33/h4-7,18-23,25,28,32-33H,8-17H2,1-3H3/t18-,19+,20-,21-,22+,23+,25-,28+,29+,30-/m1/s1. The first-order valence-electron chi connectivity index (χ1n) is 14.0. The normalized spacial score (nSPS) is 44.9. The Bertz CT molecular complexity index is 1000. The first kappa shape index (κ1) is 23.4. The molecular formula is C30H43NO2S. The van der Waals surface area contributed by atoms with Crippen LogP contribution in [0.3, 0.4) is 0 Å². The highest BCUT2D eigenvalue weighted by atomic mass is 32.1. The quantitative estimate of drug-likeness (QED) is 0.502. The summed E-state index contributed by atoms with van der Waals surface area (Å²) in [5, 5.41) is 23.1. The zero-order chi connectivity index (χ0) is 23.7. The summed E-state index contributed by atoms with van der Waals surface area (Å²) < 4.78 is 1.31. The fourth-order valence-electron chi connectivity index (χ4n) is 9.75. The molecule has 2 aromatic rings. The fraction of sp³-hybridized carbons (Fsp3) is 0.767. The number of nitrogens with zero attached hydrogens (tertiary/aromatic N) is 1. The molecule has 0 unspecified atom stereocenters. The van der Waals surface area contributed by atoms with Gasteiger partial charge in [0.15, 0.2) is 0 Å². The highest BCUT2D eigenvalue weighted by molar-refractivity contribution is 7.18. The Hall–Kier alpha value is -0.970. The number of aliphatic hydroxyl groups is 2. The molecule has 0 bridgehead atoms. The maximum Gasteiger partial charge on any atom is 0.0938 e. The van der Waals surface area contributed by atoms with Gasteiger partial charge in [0.1, 0.15) is 0 Å². The Morgan fingerprint density at radius 3 is 2.59 bits per heavy atom. The van der Waals surface area contributed by atoms with Crippen LogP contribution in [-0.4, -0.2) is 27.4 Å². The second kappa shape index (κ2) is 8.56. The molecule has 1 aromatic heterocycles. The number of para-hydroxylation sites is 1. The first-order valence-corrected chi connectivity index (χ1v) is 14.8. The van der Waals surface area contributed by atoms with Gasteiger partial charge in [0.05, 0.1) is 27.4 Å². The largest absolute Gasteiger partial charge is 0.393 e. The summed E-state index contributed by atoms with van der Waals surface area (Å²) in [6.07, 6.45) is 11.2. The van der Waals surface area contributed by atoms with Gasteiger partial charge in [-0.3, -0.25) is 0 Å². The maximum atomic E-state index is 11.5. The van der Waals surface area contributed by atoms with Gasteiger partial charge in [-0.1, -0.05) is 32.9 Å². The SMILES string of the molecule is C[C@H](CCc1nc2ccccc2s1)[C@H]1CC[C@H]2[C@@H]3[C@H](O)C[C@@H]4C[C@H](O)CC[C@]4(C)[C@H]3CC[C@]12C. The van der Waals surface area contributed by atoms with E-state index in [4.69, 9.17) is 4.98 Å². The van der Waals surface area contributed by atoms with Crippen molar-refractivity contribution in [3.63, 3.8) is 0 Å². The van der Waals surface area contributed by atoms with E-state index in [0.29, 0.717) is 40.4 Å². The van der Waals surface area contributed by atoms with Crippen molar-refractivity contribution < 1.29 is 10.2 Å². The molecule has 34 heavy (non-hydrogen) atoms. The Balaban J connectivity index is 1.18. The minimum atomic E-state index is -0.171. The number of aryl methyl sites for hydroxylation is 1. The van der Waals surface area contributed by atoms with E-state index in [1.54, 1.807) is 0 Å². The van der Waals surface area contributed by atoms with Crippen LogP contribution in [0, 0.1) is 46.3 Å². The van der Waals surface area contributed by atoms with Gasteiger partial charge >= 0.3 is 0 Å². The lowest BCUT2D eigenvalue weighted by Crippen LogP contribution is -2.58. The third kappa shape index (κ3) is 3.61. The molecule has 0 spiro atoms. The van der Waals surface area contributed by atoms with Crippen LogP contribution in [0.1, 0.15) is 83.6 Å². The second-order valence-electron chi connectivity index (χ2n) is 13.0. The van der Waals surface area contributed by atoms with Gasteiger partial charge < -0.3 is 10.2 Å². The van der Waals surface area contributed by atoms with E-state index >= 15 is 0 Å². The topological polar surface area (TPSA) is 53.4 Å². The van der Waals surface area contributed by atoms with E-state index < -0.39 is 0 Å². The summed E-state index contributed by atoms with van der Waals surface area (Å²) in [4.78, 5) is 4.89. The van der Waals surface area contributed by atoms with Gasteiger partial charge in [-0.05, 0) is 123 Å². The summed E-state index contributed by atoms with van der Waals surface area (Å²) in [6.45, 7) is 7.60. The predicted molar refractivity (Wildman–Crippen MR) is 140 cm³/mol. The summed E-state index contributed by atoms with van der Waals surface area (Å²) in [5.41, 5.74) is 1.84. The van der Waals surface area contributed by atoms with Crippen LogP contribution in [0.4, 0.5) is 0 Å².